The summed E-state index contributed by atoms with van der Waals surface area (Å²) >= 11 is 0. The van der Waals surface area contributed by atoms with Crippen LogP contribution in [0.15, 0.2) is 18.9 Å². The summed E-state index contributed by atoms with van der Waals surface area (Å²) in [5, 5.41) is 20.2. The third-order valence-electron chi connectivity index (χ3n) is 3.49. The number of aromatic nitrogens is 4. The molecular weight excluding hydrogens is 330 g/mol. The zero-order valence-corrected chi connectivity index (χ0v) is 12.8. The van der Waals surface area contributed by atoms with Gasteiger partial charge >= 0.3 is 10.3 Å². The van der Waals surface area contributed by atoms with Crippen molar-refractivity contribution < 1.29 is 27.6 Å². The number of imidazole rings is 1. The van der Waals surface area contributed by atoms with Crippen LogP contribution >= 0.6 is 0 Å². The molecule has 11 nitrogen and oxygen atoms in total. The summed E-state index contributed by atoms with van der Waals surface area (Å²) in [5.74, 6) is 0. The Morgan fingerprint density at radius 2 is 2.17 bits per heavy atom. The highest BCUT2D eigenvalue weighted by Gasteiger charge is 2.44. The standard InChI is InChI=1S/C11H15N5O6S/c1-12-23(19,20)21-3-7-8(17)9(18)11(22-7)16-5-15-6-2-13-4-14-10(6)16/h2,4-5,7-9,11-12,17-18H,3H2,1H3. The van der Waals surface area contributed by atoms with Crippen LogP contribution in [-0.2, 0) is 19.2 Å². The van der Waals surface area contributed by atoms with Gasteiger partial charge in [0.25, 0.3) is 0 Å². The molecule has 12 heteroatoms. The van der Waals surface area contributed by atoms with Crippen molar-refractivity contribution in [1.82, 2.24) is 24.2 Å². The lowest BCUT2D eigenvalue weighted by Crippen LogP contribution is -2.35. The molecule has 2 aromatic heterocycles. The summed E-state index contributed by atoms with van der Waals surface area (Å²) in [6, 6.07) is 0. The third-order valence-corrected chi connectivity index (χ3v) is 4.43. The van der Waals surface area contributed by atoms with E-state index in [0.29, 0.717) is 11.2 Å². The lowest BCUT2D eigenvalue weighted by Gasteiger charge is -2.16. The summed E-state index contributed by atoms with van der Waals surface area (Å²) in [6.45, 7) is -0.445. The highest BCUT2D eigenvalue weighted by molar-refractivity contribution is 7.84. The highest BCUT2D eigenvalue weighted by atomic mass is 32.2. The van der Waals surface area contributed by atoms with Crippen molar-refractivity contribution in [3.05, 3.63) is 18.9 Å². The molecule has 0 bridgehead atoms. The Labute approximate surface area is 131 Å². The van der Waals surface area contributed by atoms with Crippen molar-refractivity contribution >= 4 is 21.5 Å². The maximum Gasteiger partial charge on any atom is 0.335 e. The maximum atomic E-state index is 11.3. The summed E-state index contributed by atoms with van der Waals surface area (Å²) in [4.78, 5) is 12.0. The van der Waals surface area contributed by atoms with Crippen LogP contribution in [0.4, 0.5) is 0 Å². The second-order valence-corrected chi connectivity index (χ2v) is 6.42. The maximum absolute atomic E-state index is 11.3. The fourth-order valence-electron chi connectivity index (χ4n) is 2.28. The van der Waals surface area contributed by atoms with E-state index in [1.165, 1.54) is 30.5 Å². The number of ether oxygens (including phenoxy) is 1. The molecule has 4 unspecified atom stereocenters. The predicted molar refractivity (Wildman–Crippen MR) is 75.2 cm³/mol. The van der Waals surface area contributed by atoms with E-state index in [4.69, 9.17) is 4.74 Å². The van der Waals surface area contributed by atoms with Crippen LogP contribution in [0, 0.1) is 0 Å². The summed E-state index contributed by atoms with van der Waals surface area (Å²) < 4.78 is 36.1. The monoisotopic (exact) mass is 345 g/mol. The highest BCUT2D eigenvalue weighted by Crippen LogP contribution is 2.31. The van der Waals surface area contributed by atoms with Gasteiger partial charge in [-0.2, -0.15) is 13.1 Å². The van der Waals surface area contributed by atoms with Gasteiger partial charge in [-0.15, -0.1) is 0 Å². The summed E-state index contributed by atoms with van der Waals surface area (Å²) in [5.41, 5.74) is 0.913. The van der Waals surface area contributed by atoms with Crippen LogP contribution in [0.5, 0.6) is 0 Å². The first-order valence-corrected chi connectivity index (χ1v) is 8.06. The van der Waals surface area contributed by atoms with Crippen LogP contribution in [0.3, 0.4) is 0 Å². The molecule has 0 saturated carbocycles. The van der Waals surface area contributed by atoms with E-state index < -0.39 is 41.5 Å². The van der Waals surface area contributed by atoms with E-state index in [0.717, 1.165) is 0 Å². The van der Waals surface area contributed by atoms with Crippen LogP contribution in [0.25, 0.3) is 11.2 Å². The number of aliphatic hydroxyl groups excluding tert-OH is 2. The van der Waals surface area contributed by atoms with Crippen molar-refractivity contribution in [2.24, 2.45) is 0 Å². The van der Waals surface area contributed by atoms with Gasteiger partial charge in [0.1, 0.15) is 30.2 Å². The molecule has 0 aromatic carbocycles. The van der Waals surface area contributed by atoms with E-state index in [9.17, 15) is 18.6 Å². The topological polar surface area (TPSA) is 149 Å². The van der Waals surface area contributed by atoms with Crippen molar-refractivity contribution in [2.75, 3.05) is 13.7 Å². The lowest BCUT2D eigenvalue weighted by atomic mass is 10.1. The molecule has 4 atom stereocenters. The number of fused-ring (bicyclic) bond motifs is 1. The SMILES string of the molecule is CNS(=O)(=O)OCC1OC(n2cnc3cncnc32)C(O)C1O. The Hall–Kier alpha value is -1.70. The van der Waals surface area contributed by atoms with Gasteiger partial charge in [-0.1, -0.05) is 0 Å². The minimum Gasteiger partial charge on any atom is -0.387 e. The molecule has 3 N–H and O–H groups in total. The zero-order chi connectivity index (χ0) is 16.6. The molecule has 3 rings (SSSR count). The van der Waals surface area contributed by atoms with E-state index in [1.54, 1.807) is 0 Å². The second-order valence-electron chi connectivity index (χ2n) is 4.87. The van der Waals surface area contributed by atoms with Crippen LogP contribution in [-0.4, -0.2) is 70.1 Å². The Morgan fingerprint density at radius 1 is 1.39 bits per heavy atom. The van der Waals surface area contributed by atoms with Gasteiger partial charge < -0.3 is 14.9 Å². The average molecular weight is 345 g/mol. The molecule has 0 amide bonds. The lowest BCUT2D eigenvalue weighted by molar-refractivity contribution is -0.0468. The number of nitrogens with zero attached hydrogens (tertiary/aromatic N) is 4. The molecule has 0 radical (unpaired) electrons. The van der Waals surface area contributed by atoms with E-state index in [-0.39, 0.29) is 0 Å². The smallest absolute Gasteiger partial charge is 0.335 e. The second kappa shape index (κ2) is 6.07. The molecular formula is C11H15N5O6S. The average Bonchev–Trinajstić information content (AvgIpc) is 3.08. The molecule has 2 aromatic rings. The van der Waals surface area contributed by atoms with Crippen molar-refractivity contribution in [3.63, 3.8) is 0 Å². The molecule has 1 aliphatic heterocycles. The first-order valence-electron chi connectivity index (χ1n) is 6.65. The van der Waals surface area contributed by atoms with Crippen LogP contribution < -0.4 is 4.72 Å². The van der Waals surface area contributed by atoms with Crippen molar-refractivity contribution in [2.45, 2.75) is 24.5 Å². The molecule has 1 saturated heterocycles. The summed E-state index contributed by atoms with van der Waals surface area (Å²) in [7, 11) is -2.73. The van der Waals surface area contributed by atoms with E-state index in [1.807, 2.05) is 4.72 Å². The predicted octanol–water partition coefficient (Wildman–Crippen LogP) is -2.07. The van der Waals surface area contributed by atoms with Gasteiger partial charge in [-0.05, 0) is 0 Å². The van der Waals surface area contributed by atoms with Gasteiger partial charge in [0.05, 0.1) is 19.1 Å². The molecule has 126 valence electrons. The largest absolute Gasteiger partial charge is 0.387 e. The first kappa shape index (κ1) is 16.2. The van der Waals surface area contributed by atoms with Gasteiger partial charge in [0.2, 0.25) is 0 Å². The molecule has 3 heterocycles. The number of nitrogens with one attached hydrogen (secondary N) is 1. The minimum absolute atomic E-state index is 0.417. The Balaban J connectivity index is 1.80. The molecule has 0 spiro atoms. The number of rotatable bonds is 5. The Kier molecular flexibility index (Phi) is 4.27. The summed E-state index contributed by atoms with van der Waals surface area (Å²) in [6.07, 6.45) is -0.421. The van der Waals surface area contributed by atoms with Gasteiger partial charge in [-0.3, -0.25) is 8.75 Å². The molecule has 1 aliphatic rings. The number of aliphatic hydroxyl groups is 2. The van der Waals surface area contributed by atoms with E-state index >= 15 is 0 Å². The fourth-order valence-corrected chi connectivity index (χ4v) is 2.71. The van der Waals surface area contributed by atoms with Crippen LogP contribution in [0.1, 0.15) is 6.23 Å². The fraction of sp³-hybridized carbons (Fsp3) is 0.545. The van der Waals surface area contributed by atoms with Crippen LogP contribution in [0.2, 0.25) is 0 Å². The molecule has 1 fully saturated rings. The van der Waals surface area contributed by atoms with Gasteiger partial charge in [0.15, 0.2) is 11.9 Å². The molecule has 23 heavy (non-hydrogen) atoms. The van der Waals surface area contributed by atoms with E-state index in [2.05, 4.69) is 19.1 Å². The van der Waals surface area contributed by atoms with Gasteiger partial charge in [0, 0.05) is 7.05 Å². The minimum atomic E-state index is -3.92. The Bertz CT molecular complexity index is 795. The first-order chi connectivity index (χ1) is 10.9. The third kappa shape index (κ3) is 3.04. The quantitative estimate of drug-likeness (QED) is 0.555. The number of hydrogen-bond acceptors (Lipinski definition) is 9. The van der Waals surface area contributed by atoms with Gasteiger partial charge in [-0.25, -0.2) is 15.0 Å². The number of hydrogen-bond donors (Lipinski definition) is 3. The Morgan fingerprint density at radius 3 is 2.91 bits per heavy atom. The normalized spacial score (nSPS) is 28.5. The zero-order valence-electron chi connectivity index (χ0n) is 12.0. The van der Waals surface area contributed by atoms with Crippen molar-refractivity contribution in [1.29, 1.82) is 0 Å². The van der Waals surface area contributed by atoms with Crippen molar-refractivity contribution in [3.8, 4) is 0 Å². The molecule has 0 aliphatic carbocycles.